The third-order valence-corrected chi connectivity index (χ3v) is 3.98. The number of methoxy groups -OCH3 is 1. The summed E-state index contributed by atoms with van der Waals surface area (Å²) < 4.78 is 6.71. The number of hydrogen-bond acceptors (Lipinski definition) is 3. The highest BCUT2D eigenvalue weighted by Gasteiger charge is 2.17. The number of aromatic nitrogens is 1. The van der Waals surface area contributed by atoms with Gasteiger partial charge in [0.25, 0.3) is 11.5 Å². The van der Waals surface area contributed by atoms with E-state index in [2.05, 4.69) is 4.99 Å². The van der Waals surface area contributed by atoms with Crippen LogP contribution in [0.4, 0.5) is 0 Å². The number of fused-ring (bicyclic) bond motifs is 1. The minimum Gasteiger partial charge on any atom is -0.495 e. The molecule has 0 atom stereocenters. The first-order valence-corrected chi connectivity index (χ1v) is 7.85. The summed E-state index contributed by atoms with van der Waals surface area (Å²) in [6, 6.07) is 12.3. The second kappa shape index (κ2) is 7.92. The highest BCUT2D eigenvalue weighted by atomic mass is 35.5. The summed E-state index contributed by atoms with van der Waals surface area (Å²) >= 11 is 0. The van der Waals surface area contributed by atoms with Crippen LogP contribution >= 0.6 is 12.4 Å². The maximum absolute atomic E-state index is 13.0. The van der Waals surface area contributed by atoms with Gasteiger partial charge >= 0.3 is 0 Å². The zero-order chi connectivity index (χ0) is 18.8. The number of aliphatic imine (C=N–C) groups is 1. The number of hydrogen-bond donors (Lipinski definition) is 2. The molecule has 0 aliphatic heterocycles. The number of amides is 1. The fourth-order valence-corrected chi connectivity index (χ4v) is 2.81. The van der Waals surface area contributed by atoms with E-state index in [0.717, 1.165) is 5.56 Å². The third kappa shape index (κ3) is 3.78. The number of benzene rings is 2. The molecule has 0 unspecified atom stereocenters. The van der Waals surface area contributed by atoms with Crippen LogP contribution in [0.3, 0.4) is 0 Å². The Labute approximate surface area is 161 Å². The van der Waals surface area contributed by atoms with Crippen molar-refractivity contribution in [2.24, 2.45) is 16.5 Å². The van der Waals surface area contributed by atoms with Crippen molar-refractivity contribution in [1.29, 1.82) is 0 Å². The molecule has 0 spiro atoms. The minimum absolute atomic E-state index is 0. The first-order valence-electron chi connectivity index (χ1n) is 7.85. The third-order valence-electron chi connectivity index (χ3n) is 3.98. The van der Waals surface area contributed by atoms with Gasteiger partial charge in [0, 0.05) is 17.0 Å². The van der Waals surface area contributed by atoms with Gasteiger partial charge in [-0.3, -0.25) is 14.2 Å². The van der Waals surface area contributed by atoms with E-state index in [-0.39, 0.29) is 29.5 Å². The lowest BCUT2D eigenvalue weighted by atomic mass is 10.0. The summed E-state index contributed by atoms with van der Waals surface area (Å²) in [6.07, 6.45) is 1.44. The van der Waals surface area contributed by atoms with Gasteiger partial charge in [0.2, 0.25) is 0 Å². The van der Waals surface area contributed by atoms with Crippen LogP contribution in [0.1, 0.15) is 15.9 Å². The molecule has 27 heavy (non-hydrogen) atoms. The number of ether oxygens (including phenoxy) is 1. The molecule has 1 aromatic heterocycles. The van der Waals surface area contributed by atoms with Crippen molar-refractivity contribution in [2.75, 3.05) is 7.11 Å². The fraction of sp³-hybridized carbons (Fsp3) is 0.105. The average Bonchev–Trinajstić information content (AvgIpc) is 2.61. The zero-order valence-electron chi connectivity index (χ0n) is 14.8. The number of carbonyl (C=O) groups is 1. The van der Waals surface area contributed by atoms with Gasteiger partial charge in [0.15, 0.2) is 5.96 Å². The summed E-state index contributed by atoms with van der Waals surface area (Å²) in [5.74, 6) is -0.462. The summed E-state index contributed by atoms with van der Waals surface area (Å²) in [7, 11) is 1.51. The lowest BCUT2D eigenvalue weighted by Gasteiger charge is -2.14. The van der Waals surface area contributed by atoms with Gasteiger partial charge in [0.1, 0.15) is 5.75 Å². The van der Waals surface area contributed by atoms with Crippen LogP contribution in [0.15, 0.2) is 58.4 Å². The molecule has 3 rings (SSSR count). The van der Waals surface area contributed by atoms with Gasteiger partial charge < -0.3 is 16.2 Å². The molecule has 1 heterocycles. The molecular weight excluding hydrogens is 368 g/mol. The van der Waals surface area contributed by atoms with Crippen LogP contribution in [0, 0.1) is 6.92 Å². The molecule has 8 heteroatoms. The van der Waals surface area contributed by atoms with Gasteiger partial charge in [-0.1, -0.05) is 29.8 Å². The van der Waals surface area contributed by atoms with Gasteiger partial charge in [-0.2, -0.15) is 4.99 Å². The van der Waals surface area contributed by atoms with Gasteiger partial charge in [0.05, 0.1) is 18.4 Å². The molecule has 0 bridgehead atoms. The highest BCUT2D eigenvalue weighted by molar-refractivity contribution is 6.10. The van der Waals surface area contributed by atoms with Crippen LogP contribution in [0.5, 0.6) is 5.75 Å². The molecule has 0 saturated carbocycles. The standard InChI is InChI=1S/C19H18N4O3.ClH/c1-11-7-8-12-13(9-11)14(17(24)22-19(20)21)10-23(18(12)25)15-5-3-4-6-16(15)26-2;/h3-10H,1-2H3,(H4,20,21,22,24);1H. The second-order valence-corrected chi connectivity index (χ2v) is 5.78. The summed E-state index contributed by atoms with van der Waals surface area (Å²) in [5, 5.41) is 0.884. The van der Waals surface area contributed by atoms with E-state index in [9.17, 15) is 9.59 Å². The predicted octanol–water partition coefficient (Wildman–Crippen LogP) is 2.14. The number of carbonyl (C=O) groups excluding carboxylic acids is 1. The average molecular weight is 387 g/mol. The zero-order valence-corrected chi connectivity index (χ0v) is 15.6. The maximum Gasteiger partial charge on any atom is 0.282 e. The van der Waals surface area contributed by atoms with Crippen molar-refractivity contribution in [3.63, 3.8) is 0 Å². The van der Waals surface area contributed by atoms with Crippen molar-refractivity contribution in [1.82, 2.24) is 4.57 Å². The number of aryl methyl sites for hydroxylation is 1. The van der Waals surface area contributed by atoms with Crippen LogP contribution in [0.25, 0.3) is 16.5 Å². The predicted molar refractivity (Wildman–Crippen MR) is 108 cm³/mol. The number of nitrogens with zero attached hydrogens (tertiary/aromatic N) is 2. The molecule has 140 valence electrons. The fourth-order valence-electron chi connectivity index (χ4n) is 2.81. The van der Waals surface area contributed by atoms with Crippen molar-refractivity contribution in [3.8, 4) is 11.4 Å². The molecule has 0 aliphatic rings. The van der Waals surface area contributed by atoms with E-state index in [1.165, 1.54) is 17.9 Å². The van der Waals surface area contributed by atoms with E-state index in [0.29, 0.717) is 22.2 Å². The topological polar surface area (TPSA) is 113 Å². The molecule has 0 saturated heterocycles. The smallest absolute Gasteiger partial charge is 0.282 e. The van der Waals surface area contributed by atoms with Crippen molar-refractivity contribution < 1.29 is 9.53 Å². The van der Waals surface area contributed by atoms with E-state index in [1.807, 2.05) is 13.0 Å². The van der Waals surface area contributed by atoms with Gasteiger partial charge in [-0.15, -0.1) is 12.4 Å². The van der Waals surface area contributed by atoms with Crippen molar-refractivity contribution in [3.05, 3.63) is 70.1 Å². The molecule has 7 nitrogen and oxygen atoms in total. The summed E-state index contributed by atoms with van der Waals surface area (Å²) in [5.41, 5.74) is 12.1. The number of nitrogens with two attached hydrogens (primary N) is 2. The first kappa shape index (κ1) is 20.0. The molecule has 3 aromatic rings. The Morgan fingerprint density at radius 1 is 1.11 bits per heavy atom. The Kier molecular flexibility index (Phi) is 5.87. The minimum atomic E-state index is -0.621. The van der Waals surface area contributed by atoms with E-state index < -0.39 is 5.91 Å². The van der Waals surface area contributed by atoms with Crippen molar-refractivity contribution >= 4 is 35.0 Å². The Balaban J connectivity index is 0.00000261. The normalized spacial score (nSPS) is 10.1. The molecule has 2 aromatic carbocycles. The Bertz CT molecular complexity index is 1100. The molecule has 1 amide bonds. The Morgan fingerprint density at radius 3 is 2.48 bits per heavy atom. The molecular formula is C19H19ClN4O3. The molecule has 4 N–H and O–H groups in total. The van der Waals surface area contributed by atoms with E-state index in [4.69, 9.17) is 16.2 Å². The number of rotatable bonds is 3. The Hall–Kier alpha value is -3.32. The monoisotopic (exact) mass is 386 g/mol. The second-order valence-electron chi connectivity index (χ2n) is 5.78. The lowest BCUT2D eigenvalue weighted by Crippen LogP contribution is -2.25. The van der Waals surface area contributed by atoms with E-state index >= 15 is 0 Å². The van der Waals surface area contributed by atoms with Gasteiger partial charge in [-0.25, -0.2) is 0 Å². The molecule has 0 aliphatic carbocycles. The Morgan fingerprint density at radius 2 is 1.81 bits per heavy atom. The van der Waals surface area contributed by atoms with E-state index in [1.54, 1.807) is 36.4 Å². The van der Waals surface area contributed by atoms with Crippen LogP contribution in [0.2, 0.25) is 0 Å². The summed E-state index contributed by atoms with van der Waals surface area (Å²) in [4.78, 5) is 29.2. The largest absolute Gasteiger partial charge is 0.495 e. The highest BCUT2D eigenvalue weighted by Crippen LogP contribution is 2.24. The molecule has 0 radical (unpaired) electrons. The number of guanidine groups is 1. The lowest BCUT2D eigenvalue weighted by molar-refractivity contribution is 0.100. The SMILES string of the molecule is COc1ccccc1-n1cc(C(=O)N=C(N)N)c2cc(C)ccc2c1=O.Cl. The number of pyridine rings is 1. The van der Waals surface area contributed by atoms with Crippen LogP contribution < -0.4 is 21.8 Å². The maximum atomic E-state index is 13.0. The number of halogens is 1. The first-order chi connectivity index (χ1) is 12.4. The van der Waals surface area contributed by atoms with Crippen LogP contribution in [-0.4, -0.2) is 23.5 Å². The molecule has 0 fully saturated rings. The van der Waals surface area contributed by atoms with Crippen molar-refractivity contribution in [2.45, 2.75) is 6.92 Å². The van der Waals surface area contributed by atoms with Crippen LogP contribution in [-0.2, 0) is 0 Å². The summed E-state index contributed by atoms with van der Waals surface area (Å²) in [6.45, 7) is 1.88. The van der Waals surface area contributed by atoms with Gasteiger partial charge in [-0.05, 0) is 25.1 Å². The number of para-hydroxylation sites is 2. The quantitative estimate of drug-likeness (QED) is 0.529.